The van der Waals surface area contributed by atoms with Crippen LogP contribution in [0.15, 0.2) is 24.5 Å². The van der Waals surface area contributed by atoms with Crippen molar-refractivity contribution in [3.8, 4) is 0 Å². The first-order chi connectivity index (χ1) is 17.9. The van der Waals surface area contributed by atoms with Crippen molar-refractivity contribution in [1.29, 1.82) is 0 Å². The summed E-state index contributed by atoms with van der Waals surface area (Å²) in [5.74, 6) is 2.93. The SMILES string of the molecule is O=[N+]([O-])c1cc(Cl)cnc1N1CCOCC1.O=[N+]([O-])c1cc(N2CCSCC2)cnc1N1CCOCC1. The molecule has 0 aliphatic carbocycles. The molecule has 5 rings (SSSR count). The van der Waals surface area contributed by atoms with Crippen molar-refractivity contribution < 1.29 is 19.3 Å². The monoisotopic (exact) mass is 553 g/mol. The maximum Gasteiger partial charge on any atom is 0.313 e. The first kappa shape index (κ1) is 27.1. The highest BCUT2D eigenvalue weighted by molar-refractivity contribution is 7.99. The molecule has 3 aliphatic rings. The number of ether oxygens (including phenoxy) is 2. The average molecular weight is 554 g/mol. The summed E-state index contributed by atoms with van der Waals surface area (Å²) in [5, 5.41) is 22.5. The number of nitrogens with zero attached hydrogens (tertiary/aromatic N) is 7. The number of hydrogen-bond donors (Lipinski definition) is 0. The van der Waals surface area contributed by atoms with Crippen molar-refractivity contribution in [3.05, 3.63) is 49.8 Å². The maximum absolute atomic E-state index is 11.4. The van der Waals surface area contributed by atoms with Gasteiger partial charge in [-0.15, -0.1) is 0 Å². The molecule has 3 aliphatic heterocycles. The summed E-state index contributed by atoms with van der Waals surface area (Å²) >= 11 is 7.60. The molecule has 0 aromatic carbocycles. The van der Waals surface area contributed by atoms with Gasteiger partial charge in [0.1, 0.15) is 0 Å². The van der Waals surface area contributed by atoms with Crippen molar-refractivity contribution in [2.75, 3.05) is 91.9 Å². The lowest BCUT2D eigenvalue weighted by atomic mass is 10.3. The number of aromatic nitrogens is 2. The van der Waals surface area contributed by atoms with Gasteiger partial charge in [-0.2, -0.15) is 11.8 Å². The molecule has 0 saturated carbocycles. The molecule has 0 unspecified atom stereocenters. The van der Waals surface area contributed by atoms with Crippen LogP contribution in [0, 0.1) is 20.2 Å². The Bertz CT molecular complexity index is 1100. The Morgan fingerprint density at radius 3 is 1.76 bits per heavy atom. The Labute approximate surface area is 223 Å². The van der Waals surface area contributed by atoms with Gasteiger partial charge in [-0.05, 0) is 0 Å². The summed E-state index contributed by atoms with van der Waals surface area (Å²) in [5.41, 5.74) is 0.876. The van der Waals surface area contributed by atoms with Gasteiger partial charge in [-0.25, -0.2) is 9.97 Å². The van der Waals surface area contributed by atoms with Crippen LogP contribution in [0.1, 0.15) is 0 Å². The van der Waals surface area contributed by atoms with Crippen LogP contribution < -0.4 is 14.7 Å². The molecule has 0 spiro atoms. The number of hydrogen-bond acceptors (Lipinski definition) is 12. The number of nitro groups is 2. The molecule has 0 N–H and O–H groups in total. The van der Waals surface area contributed by atoms with Gasteiger partial charge in [0, 0.05) is 69.1 Å². The molecule has 15 heteroatoms. The zero-order valence-electron chi connectivity index (χ0n) is 20.2. The predicted molar refractivity (Wildman–Crippen MR) is 142 cm³/mol. The predicted octanol–water partition coefficient (Wildman–Crippen LogP) is 2.86. The molecule has 0 bridgehead atoms. The van der Waals surface area contributed by atoms with E-state index < -0.39 is 4.92 Å². The van der Waals surface area contributed by atoms with Crippen molar-refractivity contribution >= 4 is 52.1 Å². The Morgan fingerprint density at radius 1 is 0.757 bits per heavy atom. The minimum atomic E-state index is -0.469. The molecule has 3 saturated heterocycles. The minimum Gasteiger partial charge on any atom is -0.378 e. The zero-order chi connectivity index (χ0) is 26.2. The Balaban J connectivity index is 0.000000180. The fourth-order valence-electron chi connectivity index (χ4n) is 4.16. The molecule has 0 atom stereocenters. The summed E-state index contributed by atoms with van der Waals surface area (Å²) in [6.07, 6.45) is 3.17. The number of pyridine rings is 2. The smallest absolute Gasteiger partial charge is 0.313 e. The molecule has 2 aromatic heterocycles. The normalized spacial score (nSPS) is 18.1. The Morgan fingerprint density at radius 2 is 1.24 bits per heavy atom. The largest absolute Gasteiger partial charge is 0.378 e. The van der Waals surface area contributed by atoms with Crippen molar-refractivity contribution in [1.82, 2.24) is 9.97 Å². The zero-order valence-corrected chi connectivity index (χ0v) is 21.7. The number of halogens is 1. The van der Waals surface area contributed by atoms with Gasteiger partial charge in [-0.3, -0.25) is 20.2 Å². The van der Waals surface area contributed by atoms with Crippen molar-refractivity contribution in [2.45, 2.75) is 0 Å². The number of anilines is 3. The fourth-order valence-corrected chi connectivity index (χ4v) is 5.21. The van der Waals surface area contributed by atoms with Crippen LogP contribution in [0.25, 0.3) is 0 Å². The van der Waals surface area contributed by atoms with E-state index in [1.165, 1.54) is 12.3 Å². The molecule has 0 amide bonds. The van der Waals surface area contributed by atoms with E-state index >= 15 is 0 Å². The quantitative estimate of drug-likeness (QED) is 0.397. The van der Waals surface area contributed by atoms with E-state index in [0.717, 1.165) is 30.3 Å². The standard InChI is InChI=1S/C13H18N4O3S.C9H10ClN3O3/c18-17(19)12-9-11(15-3-7-21-8-4-15)10-14-13(12)16-1-5-20-6-2-16;10-7-5-8(13(14)15)9(11-6-7)12-1-3-16-4-2-12/h9-10H,1-8H2;5-6H,1-4H2. The molecule has 2 aromatic rings. The molecule has 0 radical (unpaired) electrons. The number of morpholine rings is 2. The second kappa shape index (κ2) is 13.0. The van der Waals surface area contributed by atoms with Crippen LogP contribution in [0.5, 0.6) is 0 Å². The van der Waals surface area contributed by atoms with Gasteiger partial charge in [0.2, 0.25) is 11.6 Å². The fraction of sp³-hybridized carbons (Fsp3) is 0.545. The first-order valence-electron chi connectivity index (χ1n) is 11.9. The Kier molecular flexibility index (Phi) is 9.55. The highest BCUT2D eigenvalue weighted by Gasteiger charge is 2.25. The van der Waals surface area contributed by atoms with Crippen LogP contribution in [-0.2, 0) is 9.47 Å². The molecule has 37 heavy (non-hydrogen) atoms. The molecule has 3 fully saturated rings. The number of rotatable bonds is 5. The van der Waals surface area contributed by atoms with Gasteiger partial charge < -0.3 is 24.2 Å². The van der Waals surface area contributed by atoms with Crippen LogP contribution in [-0.4, -0.2) is 97.0 Å². The molecule has 5 heterocycles. The summed E-state index contributed by atoms with van der Waals surface area (Å²) in [6, 6.07) is 2.98. The highest BCUT2D eigenvalue weighted by atomic mass is 35.5. The first-order valence-corrected chi connectivity index (χ1v) is 13.4. The van der Waals surface area contributed by atoms with Gasteiger partial charge >= 0.3 is 11.4 Å². The van der Waals surface area contributed by atoms with Gasteiger partial charge in [0.15, 0.2) is 0 Å². The van der Waals surface area contributed by atoms with Crippen LogP contribution in [0.3, 0.4) is 0 Å². The summed E-state index contributed by atoms with van der Waals surface area (Å²) in [6.45, 7) is 6.63. The van der Waals surface area contributed by atoms with E-state index in [0.29, 0.717) is 64.2 Å². The summed E-state index contributed by atoms with van der Waals surface area (Å²) in [4.78, 5) is 35.8. The third-order valence-corrected chi connectivity index (χ3v) is 7.19. The van der Waals surface area contributed by atoms with E-state index in [1.54, 1.807) is 12.3 Å². The highest BCUT2D eigenvalue weighted by Crippen LogP contribution is 2.31. The van der Waals surface area contributed by atoms with E-state index in [4.69, 9.17) is 21.1 Å². The number of thioether (sulfide) groups is 1. The lowest BCUT2D eigenvalue weighted by molar-refractivity contribution is -0.384. The van der Waals surface area contributed by atoms with Crippen LogP contribution in [0.4, 0.5) is 28.7 Å². The second-order valence-corrected chi connectivity index (χ2v) is 10.0. The summed E-state index contributed by atoms with van der Waals surface area (Å²) in [7, 11) is 0. The summed E-state index contributed by atoms with van der Waals surface area (Å²) < 4.78 is 10.5. The van der Waals surface area contributed by atoms with Crippen LogP contribution in [0.2, 0.25) is 5.02 Å². The third-order valence-electron chi connectivity index (χ3n) is 6.04. The van der Waals surface area contributed by atoms with E-state index in [1.807, 2.05) is 21.6 Å². The van der Waals surface area contributed by atoms with Gasteiger partial charge in [-0.1, -0.05) is 11.6 Å². The van der Waals surface area contributed by atoms with E-state index in [9.17, 15) is 20.2 Å². The second-order valence-electron chi connectivity index (χ2n) is 8.34. The lowest BCUT2D eigenvalue weighted by Crippen LogP contribution is -2.37. The Hall–Kier alpha value is -2.94. The maximum atomic E-state index is 11.4. The van der Waals surface area contributed by atoms with E-state index in [2.05, 4.69) is 14.9 Å². The molecule has 200 valence electrons. The lowest BCUT2D eigenvalue weighted by Gasteiger charge is -2.30. The topological polar surface area (TPSA) is 140 Å². The van der Waals surface area contributed by atoms with Crippen molar-refractivity contribution in [3.63, 3.8) is 0 Å². The molecular weight excluding hydrogens is 526 g/mol. The van der Waals surface area contributed by atoms with Crippen LogP contribution >= 0.6 is 23.4 Å². The van der Waals surface area contributed by atoms with Gasteiger partial charge in [0.25, 0.3) is 0 Å². The van der Waals surface area contributed by atoms with Crippen molar-refractivity contribution in [2.24, 2.45) is 0 Å². The van der Waals surface area contributed by atoms with E-state index in [-0.39, 0.29) is 21.3 Å². The van der Waals surface area contributed by atoms with Gasteiger partial charge in [0.05, 0.1) is 53.2 Å². The minimum absolute atomic E-state index is 0.0607. The molecular formula is C22H28ClN7O6S. The third kappa shape index (κ3) is 7.09. The molecule has 13 nitrogen and oxygen atoms in total. The average Bonchev–Trinajstić information content (AvgIpc) is 2.94.